The fourth-order valence-electron chi connectivity index (χ4n) is 3.46. The average Bonchev–Trinajstić information content (AvgIpc) is 3.08. The molecule has 0 saturated heterocycles. The Morgan fingerprint density at radius 1 is 1.43 bits per heavy atom. The largest absolute Gasteiger partial charge is 0.493 e. The molecular weight excluding hydrogens is 268 g/mol. The highest BCUT2D eigenvalue weighted by molar-refractivity contribution is 5.31. The molecule has 1 atom stereocenters. The number of aromatic nitrogens is 2. The standard InChI is InChI=1S/C15H28N4O2/c1-5-21-15(8-6-7-9-15)14(18-16)13-12(20-4)10-17-19(13)11(2)3/h10-11,14,18H,5-9,16H2,1-4H3. The molecule has 0 amide bonds. The third-order valence-electron chi connectivity index (χ3n) is 4.36. The summed E-state index contributed by atoms with van der Waals surface area (Å²) in [7, 11) is 1.67. The maximum Gasteiger partial charge on any atom is 0.161 e. The molecule has 0 radical (unpaired) electrons. The van der Waals surface area contributed by atoms with Gasteiger partial charge in [-0.1, -0.05) is 12.8 Å². The Labute approximate surface area is 126 Å². The topological polar surface area (TPSA) is 74.3 Å². The lowest BCUT2D eigenvalue weighted by atomic mass is 9.89. The van der Waals surface area contributed by atoms with Gasteiger partial charge >= 0.3 is 0 Å². The van der Waals surface area contributed by atoms with Gasteiger partial charge in [-0.2, -0.15) is 5.10 Å². The Morgan fingerprint density at radius 2 is 2.10 bits per heavy atom. The van der Waals surface area contributed by atoms with E-state index < -0.39 is 0 Å². The highest BCUT2D eigenvalue weighted by Crippen LogP contribution is 2.45. The molecule has 1 aromatic heterocycles. The van der Waals surface area contributed by atoms with Gasteiger partial charge in [-0.25, -0.2) is 5.43 Å². The van der Waals surface area contributed by atoms with Crippen LogP contribution in [0.5, 0.6) is 5.75 Å². The molecule has 0 aromatic carbocycles. The average molecular weight is 296 g/mol. The second kappa shape index (κ2) is 6.77. The van der Waals surface area contributed by atoms with E-state index in [0.717, 1.165) is 37.1 Å². The summed E-state index contributed by atoms with van der Waals surface area (Å²) in [5.74, 6) is 6.69. The molecule has 1 unspecified atom stereocenters. The zero-order valence-corrected chi connectivity index (χ0v) is 13.6. The van der Waals surface area contributed by atoms with Crippen molar-refractivity contribution in [2.24, 2.45) is 5.84 Å². The summed E-state index contributed by atoms with van der Waals surface area (Å²) in [5.41, 5.74) is 3.68. The second-order valence-corrected chi connectivity index (χ2v) is 5.94. The lowest BCUT2D eigenvalue weighted by Crippen LogP contribution is -2.48. The van der Waals surface area contributed by atoms with Crippen molar-refractivity contribution in [2.75, 3.05) is 13.7 Å². The first-order chi connectivity index (χ1) is 10.1. The van der Waals surface area contributed by atoms with Gasteiger partial charge in [0.25, 0.3) is 0 Å². The van der Waals surface area contributed by atoms with Crippen LogP contribution >= 0.6 is 0 Å². The summed E-state index contributed by atoms with van der Waals surface area (Å²) < 4.78 is 13.6. The number of nitrogens with one attached hydrogen (secondary N) is 1. The third kappa shape index (κ3) is 2.93. The molecule has 0 aliphatic heterocycles. The predicted octanol–water partition coefficient (Wildman–Crippen LogP) is 2.33. The van der Waals surface area contributed by atoms with Crippen LogP contribution in [0, 0.1) is 0 Å². The maximum atomic E-state index is 6.16. The predicted molar refractivity (Wildman–Crippen MR) is 82.1 cm³/mol. The Kier molecular flexibility index (Phi) is 5.24. The number of methoxy groups -OCH3 is 1. The SMILES string of the molecule is CCOC1(C(NN)c2c(OC)cnn2C(C)C)CCCC1. The summed E-state index contributed by atoms with van der Waals surface area (Å²) in [6.45, 7) is 6.91. The number of nitrogens with zero attached hydrogens (tertiary/aromatic N) is 2. The molecule has 1 saturated carbocycles. The molecule has 1 aromatic rings. The Hall–Kier alpha value is -1.11. The summed E-state index contributed by atoms with van der Waals surface area (Å²) >= 11 is 0. The van der Waals surface area contributed by atoms with Gasteiger partial charge < -0.3 is 9.47 Å². The number of hydrogen-bond acceptors (Lipinski definition) is 5. The first-order valence-corrected chi connectivity index (χ1v) is 7.81. The van der Waals surface area contributed by atoms with E-state index in [2.05, 4.69) is 24.4 Å². The summed E-state index contributed by atoms with van der Waals surface area (Å²) in [5, 5.41) is 4.46. The van der Waals surface area contributed by atoms with Gasteiger partial charge in [-0.05, 0) is 33.6 Å². The zero-order valence-electron chi connectivity index (χ0n) is 13.6. The molecule has 1 heterocycles. The van der Waals surface area contributed by atoms with Crippen LogP contribution in [0.15, 0.2) is 6.20 Å². The Bertz CT molecular complexity index is 453. The minimum atomic E-state index is -0.274. The first kappa shape index (κ1) is 16.3. The molecule has 21 heavy (non-hydrogen) atoms. The lowest BCUT2D eigenvalue weighted by Gasteiger charge is -2.37. The Balaban J connectivity index is 2.47. The van der Waals surface area contributed by atoms with E-state index in [9.17, 15) is 0 Å². The normalized spacial score (nSPS) is 19.1. The fourth-order valence-corrected chi connectivity index (χ4v) is 3.46. The lowest BCUT2D eigenvalue weighted by molar-refractivity contribution is -0.0652. The highest BCUT2D eigenvalue weighted by Gasteiger charge is 2.45. The van der Waals surface area contributed by atoms with Crippen LogP contribution in [0.1, 0.15) is 64.2 Å². The van der Waals surface area contributed by atoms with Crippen molar-refractivity contribution in [2.45, 2.75) is 64.1 Å². The molecule has 120 valence electrons. The quantitative estimate of drug-likeness (QED) is 0.596. The smallest absolute Gasteiger partial charge is 0.161 e. The Morgan fingerprint density at radius 3 is 2.57 bits per heavy atom. The molecule has 0 spiro atoms. The van der Waals surface area contributed by atoms with E-state index in [0.29, 0.717) is 6.61 Å². The van der Waals surface area contributed by atoms with Crippen LogP contribution < -0.4 is 16.0 Å². The van der Waals surface area contributed by atoms with Crippen molar-refractivity contribution < 1.29 is 9.47 Å². The number of rotatable bonds is 7. The van der Waals surface area contributed by atoms with E-state index in [1.165, 1.54) is 0 Å². The van der Waals surface area contributed by atoms with Gasteiger partial charge in [-0.15, -0.1) is 0 Å². The number of hydrazine groups is 1. The first-order valence-electron chi connectivity index (χ1n) is 7.81. The number of nitrogens with two attached hydrogens (primary N) is 1. The number of ether oxygens (including phenoxy) is 2. The van der Waals surface area contributed by atoms with Crippen LogP contribution in [0.25, 0.3) is 0 Å². The molecule has 1 fully saturated rings. The van der Waals surface area contributed by atoms with Crippen molar-refractivity contribution in [3.63, 3.8) is 0 Å². The van der Waals surface area contributed by atoms with E-state index >= 15 is 0 Å². The minimum absolute atomic E-state index is 0.125. The van der Waals surface area contributed by atoms with Gasteiger partial charge in [0.2, 0.25) is 0 Å². The molecule has 2 rings (SSSR count). The molecule has 1 aliphatic carbocycles. The van der Waals surface area contributed by atoms with Crippen LogP contribution in [0.3, 0.4) is 0 Å². The summed E-state index contributed by atoms with van der Waals surface area (Å²) in [6, 6.07) is 0.111. The third-order valence-corrected chi connectivity index (χ3v) is 4.36. The van der Waals surface area contributed by atoms with Crippen molar-refractivity contribution in [1.29, 1.82) is 0 Å². The van der Waals surface area contributed by atoms with E-state index in [4.69, 9.17) is 15.3 Å². The second-order valence-electron chi connectivity index (χ2n) is 5.94. The van der Waals surface area contributed by atoms with Crippen molar-refractivity contribution in [3.8, 4) is 5.75 Å². The van der Waals surface area contributed by atoms with Crippen molar-refractivity contribution in [3.05, 3.63) is 11.9 Å². The molecule has 3 N–H and O–H groups in total. The summed E-state index contributed by atoms with van der Waals surface area (Å²) in [6.07, 6.45) is 6.09. The van der Waals surface area contributed by atoms with Crippen LogP contribution in [0.2, 0.25) is 0 Å². The highest BCUT2D eigenvalue weighted by atomic mass is 16.5. The van der Waals surface area contributed by atoms with E-state index in [1.807, 2.05) is 11.6 Å². The van der Waals surface area contributed by atoms with Crippen LogP contribution in [-0.4, -0.2) is 29.1 Å². The molecular formula is C15H28N4O2. The van der Waals surface area contributed by atoms with Gasteiger partial charge in [0.05, 0.1) is 24.9 Å². The van der Waals surface area contributed by atoms with Gasteiger partial charge in [0.15, 0.2) is 5.75 Å². The number of hydrogen-bond donors (Lipinski definition) is 2. The molecule has 6 heteroatoms. The van der Waals surface area contributed by atoms with Crippen molar-refractivity contribution >= 4 is 0 Å². The molecule has 6 nitrogen and oxygen atoms in total. The fraction of sp³-hybridized carbons (Fsp3) is 0.800. The minimum Gasteiger partial charge on any atom is -0.493 e. The molecule has 1 aliphatic rings. The van der Waals surface area contributed by atoms with E-state index in [1.54, 1.807) is 13.3 Å². The maximum absolute atomic E-state index is 6.16. The van der Waals surface area contributed by atoms with E-state index in [-0.39, 0.29) is 17.7 Å². The monoisotopic (exact) mass is 296 g/mol. The van der Waals surface area contributed by atoms with Gasteiger partial charge in [-0.3, -0.25) is 10.5 Å². The van der Waals surface area contributed by atoms with Gasteiger partial charge in [0.1, 0.15) is 5.69 Å². The molecule has 0 bridgehead atoms. The van der Waals surface area contributed by atoms with Crippen LogP contribution in [0.4, 0.5) is 0 Å². The van der Waals surface area contributed by atoms with Gasteiger partial charge in [0, 0.05) is 12.6 Å². The van der Waals surface area contributed by atoms with Crippen molar-refractivity contribution in [1.82, 2.24) is 15.2 Å². The zero-order chi connectivity index (χ0) is 15.5. The summed E-state index contributed by atoms with van der Waals surface area (Å²) in [4.78, 5) is 0. The van der Waals surface area contributed by atoms with Crippen LogP contribution in [-0.2, 0) is 4.74 Å².